The summed E-state index contributed by atoms with van der Waals surface area (Å²) in [7, 11) is 0. The van der Waals surface area contributed by atoms with Crippen LogP contribution in [0, 0.1) is 0 Å². The third-order valence-electron chi connectivity index (χ3n) is 1.26. The molecule has 12 heavy (non-hydrogen) atoms. The standard InChI is InChI=1S/C4H11NO2.C3H6O2/c6-3-1-5-2-4-7;1-2-3(4)5-2/h5-7H,1-4H2;2-4H,1H3. The van der Waals surface area contributed by atoms with Gasteiger partial charge in [-0.15, -0.1) is 0 Å². The van der Waals surface area contributed by atoms with Crippen LogP contribution in [0.4, 0.5) is 0 Å². The average molecular weight is 179 g/mol. The van der Waals surface area contributed by atoms with E-state index in [9.17, 15) is 0 Å². The van der Waals surface area contributed by atoms with Gasteiger partial charge in [-0.1, -0.05) is 0 Å². The molecule has 0 aliphatic carbocycles. The SMILES string of the molecule is CC1OC1O.OCCNCCO. The first-order valence-corrected chi connectivity index (χ1v) is 3.98. The third kappa shape index (κ3) is 7.90. The van der Waals surface area contributed by atoms with Crippen molar-refractivity contribution in [3.8, 4) is 0 Å². The van der Waals surface area contributed by atoms with E-state index in [-0.39, 0.29) is 19.3 Å². The number of rotatable bonds is 4. The van der Waals surface area contributed by atoms with Gasteiger partial charge in [0.2, 0.25) is 0 Å². The normalized spacial score (nSPS) is 26.0. The molecule has 0 aromatic carbocycles. The van der Waals surface area contributed by atoms with Crippen molar-refractivity contribution in [3.05, 3.63) is 0 Å². The number of hydrogen-bond acceptors (Lipinski definition) is 5. The summed E-state index contributed by atoms with van der Waals surface area (Å²) in [6.45, 7) is 3.24. The second-order valence-corrected chi connectivity index (χ2v) is 2.43. The Balaban J connectivity index is 0.000000211. The van der Waals surface area contributed by atoms with Gasteiger partial charge >= 0.3 is 0 Å². The fourth-order valence-corrected chi connectivity index (χ4v) is 0.458. The molecule has 1 aliphatic heterocycles. The summed E-state index contributed by atoms with van der Waals surface area (Å²) >= 11 is 0. The van der Waals surface area contributed by atoms with Crippen molar-refractivity contribution in [2.75, 3.05) is 26.3 Å². The molecule has 0 amide bonds. The molecule has 0 radical (unpaired) electrons. The first-order chi connectivity index (χ1) is 5.72. The lowest BCUT2D eigenvalue weighted by atomic mass is 10.5. The van der Waals surface area contributed by atoms with Crippen LogP contribution >= 0.6 is 0 Å². The number of nitrogens with one attached hydrogen (secondary N) is 1. The van der Waals surface area contributed by atoms with Crippen LogP contribution < -0.4 is 5.32 Å². The molecule has 74 valence electrons. The molecule has 2 atom stereocenters. The van der Waals surface area contributed by atoms with Crippen LogP contribution in [0.3, 0.4) is 0 Å². The first-order valence-electron chi connectivity index (χ1n) is 3.98. The maximum atomic E-state index is 8.21. The molecule has 5 nitrogen and oxygen atoms in total. The topological polar surface area (TPSA) is 85.2 Å². The monoisotopic (exact) mass is 179 g/mol. The van der Waals surface area contributed by atoms with Gasteiger partial charge in [0.25, 0.3) is 0 Å². The van der Waals surface area contributed by atoms with Crippen LogP contribution in [-0.4, -0.2) is 54.0 Å². The number of epoxide rings is 1. The zero-order valence-corrected chi connectivity index (χ0v) is 7.23. The Morgan fingerprint density at radius 1 is 1.25 bits per heavy atom. The number of ether oxygens (including phenoxy) is 1. The highest BCUT2D eigenvalue weighted by Crippen LogP contribution is 2.15. The lowest BCUT2D eigenvalue weighted by Gasteiger charge is -1.94. The molecule has 1 rings (SSSR count). The van der Waals surface area contributed by atoms with Gasteiger partial charge in [0.1, 0.15) is 6.10 Å². The maximum Gasteiger partial charge on any atom is 0.181 e. The summed E-state index contributed by atoms with van der Waals surface area (Å²) in [6.07, 6.45) is -0.343. The van der Waals surface area contributed by atoms with E-state index in [4.69, 9.17) is 15.3 Å². The van der Waals surface area contributed by atoms with E-state index in [0.29, 0.717) is 13.1 Å². The molecule has 4 N–H and O–H groups in total. The largest absolute Gasteiger partial charge is 0.395 e. The Labute approximate surface area is 72.0 Å². The van der Waals surface area contributed by atoms with Crippen molar-refractivity contribution in [3.63, 3.8) is 0 Å². The van der Waals surface area contributed by atoms with Gasteiger partial charge in [-0.25, -0.2) is 0 Å². The van der Waals surface area contributed by atoms with Gasteiger partial charge in [0.15, 0.2) is 6.29 Å². The van der Waals surface area contributed by atoms with Crippen molar-refractivity contribution in [2.24, 2.45) is 0 Å². The van der Waals surface area contributed by atoms with Gasteiger partial charge < -0.3 is 25.4 Å². The molecule has 2 unspecified atom stereocenters. The smallest absolute Gasteiger partial charge is 0.181 e. The second kappa shape index (κ2) is 7.45. The molecule has 0 aromatic heterocycles. The Morgan fingerprint density at radius 2 is 1.58 bits per heavy atom. The summed E-state index contributed by atoms with van der Waals surface area (Å²) in [4.78, 5) is 0. The number of aliphatic hydroxyl groups excluding tert-OH is 3. The van der Waals surface area contributed by atoms with Crippen LogP contribution in [0.1, 0.15) is 6.92 Å². The highest BCUT2D eigenvalue weighted by Gasteiger charge is 2.30. The highest BCUT2D eigenvalue weighted by atomic mass is 16.7. The molecule has 1 heterocycles. The molecular formula is C7H17NO4. The summed E-state index contributed by atoms with van der Waals surface area (Å²) in [5, 5.41) is 27.3. The minimum absolute atomic E-state index is 0.106. The second-order valence-electron chi connectivity index (χ2n) is 2.43. The van der Waals surface area contributed by atoms with E-state index in [1.54, 1.807) is 0 Å². The van der Waals surface area contributed by atoms with E-state index in [2.05, 4.69) is 10.1 Å². The van der Waals surface area contributed by atoms with Crippen molar-refractivity contribution >= 4 is 0 Å². The van der Waals surface area contributed by atoms with Gasteiger partial charge in [0.05, 0.1) is 13.2 Å². The van der Waals surface area contributed by atoms with E-state index in [1.807, 2.05) is 6.92 Å². The summed E-state index contributed by atoms with van der Waals surface area (Å²) in [6, 6.07) is 0. The predicted octanol–water partition coefficient (Wildman–Crippen LogP) is -1.72. The molecule has 0 spiro atoms. The molecule has 0 aromatic rings. The summed E-state index contributed by atoms with van der Waals surface area (Å²) in [5.74, 6) is 0. The van der Waals surface area contributed by atoms with E-state index in [0.717, 1.165) is 0 Å². The van der Waals surface area contributed by atoms with Crippen molar-refractivity contribution < 1.29 is 20.1 Å². The Kier molecular flexibility index (Phi) is 7.33. The quantitative estimate of drug-likeness (QED) is 0.305. The van der Waals surface area contributed by atoms with Crippen molar-refractivity contribution in [2.45, 2.75) is 19.3 Å². The van der Waals surface area contributed by atoms with E-state index in [1.165, 1.54) is 0 Å². The maximum absolute atomic E-state index is 8.21. The fourth-order valence-electron chi connectivity index (χ4n) is 0.458. The van der Waals surface area contributed by atoms with Gasteiger partial charge in [-0.05, 0) is 6.92 Å². The Morgan fingerprint density at radius 3 is 1.75 bits per heavy atom. The Bertz CT molecular complexity index is 91.4. The van der Waals surface area contributed by atoms with Crippen molar-refractivity contribution in [1.82, 2.24) is 5.32 Å². The zero-order valence-electron chi connectivity index (χ0n) is 7.23. The first kappa shape index (κ1) is 11.8. The van der Waals surface area contributed by atoms with Gasteiger partial charge in [0, 0.05) is 13.1 Å². The van der Waals surface area contributed by atoms with Crippen LogP contribution in [0.2, 0.25) is 0 Å². The predicted molar refractivity (Wildman–Crippen MR) is 43.6 cm³/mol. The van der Waals surface area contributed by atoms with E-state index < -0.39 is 6.29 Å². The molecule has 1 saturated heterocycles. The average Bonchev–Trinajstić information content (AvgIpc) is 2.67. The van der Waals surface area contributed by atoms with Crippen LogP contribution in [0.5, 0.6) is 0 Å². The minimum Gasteiger partial charge on any atom is -0.395 e. The minimum atomic E-state index is -0.449. The Hall–Kier alpha value is -0.200. The molecule has 1 fully saturated rings. The van der Waals surface area contributed by atoms with Crippen LogP contribution in [-0.2, 0) is 4.74 Å². The number of hydrogen-bond donors (Lipinski definition) is 4. The molecular weight excluding hydrogens is 162 g/mol. The lowest BCUT2D eigenvalue weighted by Crippen LogP contribution is -2.21. The third-order valence-corrected chi connectivity index (χ3v) is 1.26. The number of aliphatic hydroxyl groups is 3. The van der Waals surface area contributed by atoms with Crippen molar-refractivity contribution in [1.29, 1.82) is 0 Å². The highest BCUT2D eigenvalue weighted by molar-refractivity contribution is 4.66. The lowest BCUT2D eigenvalue weighted by molar-refractivity contribution is 0.156. The zero-order chi connectivity index (χ0) is 9.40. The van der Waals surface area contributed by atoms with Crippen LogP contribution in [0.15, 0.2) is 0 Å². The molecule has 0 bridgehead atoms. The van der Waals surface area contributed by atoms with Gasteiger partial charge in [-0.2, -0.15) is 0 Å². The molecule has 0 saturated carbocycles. The van der Waals surface area contributed by atoms with Gasteiger partial charge in [-0.3, -0.25) is 0 Å². The van der Waals surface area contributed by atoms with Crippen LogP contribution in [0.25, 0.3) is 0 Å². The molecule has 5 heteroatoms. The molecule has 1 aliphatic rings. The summed E-state index contributed by atoms with van der Waals surface area (Å²) < 4.78 is 4.47. The summed E-state index contributed by atoms with van der Waals surface area (Å²) in [5.41, 5.74) is 0. The van der Waals surface area contributed by atoms with E-state index >= 15 is 0 Å². The fraction of sp³-hybridized carbons (Fsp3) is 1.00.